The number of nitrogens with one attached hydrogen (secondary N) is 1. The van der Waals surface area contributed by atoms with Crippen LogP contribution in [0.1, 0.15) is 25.7 Å². The van der Waals surface area contributed by atoms with E-state index in [1.807, 2.05) is 18.0 Å². The molecule has 1 rings (SSSR count). The summed E-state index contributed by atoms with van der Waals surface area (Å²) in [5.41, 5.74) is 0. The molecule has 1 saturated heterocycles. The van der Waals surface area contributed by atoms with Crippen LogP contribution in [0.4, 0.5) is 0 Å². The fourth-order valence-corrected chi connectivity index (χ4v) is 1.96. The van der Waals surface area contributed by atoms with Gasteiger partial charge in [-0.2, -0.15) is 0 Å². The Bertz CT molecular complexity index is 210. The number of piperidine rings is 1. The molecule has 1 heterocycles. The van der Waals surface area contributed by atoms with Crippen LogP contribution in [0.5, 0.6) is 0 Å². The summed E-state index contributed by atoms with van der Waals surface area (Å²) in [5.74, 6) is 0.499. The van der Waals surface area contributed by atoms with Gasteiger partial charge in [0.15, 0.2) is 0 Å². The molecule has 0 aromatic heterocycles. The topological polar surface area (TPSA) is 32.3 Å². The fourth-order valence-electron chi connectivity index (χ4n) is 1.96. The Morgan fingerprint density at radius 2 is 2.47 bits per heavy atom. The molecule has 0 radical (unpaired) electrons. The van der Waals surface area contributed by atoms with Crippen molar-refractivity contribution in [2.45, 2.75) is 25.7 Å². The lowest BCUT2D eigenvalue weighted by Gasteiger charge is -2.26. The third-order valence-electron chi connectivity index (χ3n) is 2.92. The molecule has 0 aromatic carbocycles. The average Bonchev–Trinajstić information content (AvgIpc) is 2.29. The maximum Gasteiger partial charge on any atom is 0.226 e. The molecule has 0 bridgehead atoms. The van der Waals surface area contributed by atoms with Gasteiger partial charge < -0.3 is 10.2 Å². The van der Waals surface area contributed by atoms with E-state index in [1.54, 1.807) is 0 Å². The predicted octanol–water partition coefficient (Wildman–Crippen LogP) is 1.41. The van der Waals surface area contributed by atoms with Gasteiger partial charge in [0, 0.05) is 20.1 Å². The molecule has 0 spiro atoms. The molecule has 0 saturated carbocycles. The number of rotatable bonds is 5. The molecule has 1 aliphatic rings. The van der Waals surface area contributed by atoms with Gasteiger partial charge in [-0.1, -0.05) is 6.08 Å². The fraction of sp³-hybridized carbons (Fsp3) is 0.750. The normalized spacial score (nSPS) is 21.0. The lowest BCUT2D eigenvalue weighted by Crippen LogP contribution is -2.41. The van der Waals surface area contributed by atoms with Gasteiger partial charge >= 0.3 is 0 Å². The van der Waals surface area contributed by atoms with E-state index in [1.165, 1.54) is 0 Å². The van der Waals surface area contributed by atoms with Crippen molar-refractivity contribution < 1.29 is 4.79 Å². The number of hydrogen-bond donors (Lipinski definition) is 1. The monoisotopic (exact) mass is 210 g/mol. The van der Waals surface area contributed by atoms with Crippen LogP contribution in [0.25, 0.3) is 0 Å². The number of allylic oxidation sites excluding steroid dienone is 1. The van der Waals surface area contributed by atoms with Crippen LogP contribution in [0.15, 0.2) is 12.7 Å². The second-order valence-corrected chi connectivity index (χ2v) is 4.23. The summed E-state index contributed by atoms with van der Waals surface area (Å²) >= 11 is 0. The van der Waals surface area contributed by atoms with Gasteiger partial charge in [0.2, 0.25) is 5.91 Å². The largest absolute Gasteiger partial charge is 0.345 e. The molecule has 3 heteroatoms. The third kappa shape index (κ3) is 4.04. The molecule has 1 aliphatic heterocycles. The van der Waals surface area contributed by atoms with E-state index in [-0.39, 0.29) is 5.92 Å². The lowest BCUT2D eigenvalue weighted by molar-refractivity contribution is -0.134. The molecule has 1 fully saturated rings. The van der Waals surface area contributed by atoms with Crippen molar-refractivity contribution in [2.75, 3.05) is 26.7 Å². The van der Waals surface area contributed by atoms with Crippen molar-refractivity contribution in [3.05, 3.63) is 12.7 Å². The minimum Gasteiger partial charge on any atom is -0.345 e. The molecule has 1 amide bonds. The summed E-state index contributed by atoms with van der Waals surface area (Å²) in [5, 5.41) is 3.27. The van der Waals surface area contributed by atoms with Crippen LogP contribution in [-0.4, -0.2) is 37.5 Å². The molecular formula is C12H22N2O. The van der Waals surface area contributed by atoms with Gasteiger partial charge in [0.1, 0.15) is 0 Å². The first-order chi connectivity index (χ1) is 7.25. The van der Waals surface area contributed by atoms with E-state index in [0.29, 0.717) is 5.91 Å². The van der Waals surface area contributed by atoms with Gasteiger partial charge in [-0.15, -0.1) is 6.58 Å². The molecule has 1 atom stereocenters. The van der Waals surface area contributed by atoms with Gasteiger partial charge in [-0.25, -0.2) is 0 Å². The highest BCUT2D eigenvalue weighted by molar-refractivity contribution is 5.78. The van der Waals surface area contributed by atoms with Crippen LogP contribution < -0.4 is 5.32 Å². The Balaban J connectivity index is 2.27. The van der Waals surface area contributed by atoms with Crippen LogP contribution in [0.3, 0.4) is 0 Å². The summed E-state index contributed by atoms with van der Waals surface area (Å²) < 4.78 is 0. The first-order valence-electron chi connectivity index (χ1n) is 5.82. The zero-order valence-electron chi connectivity index (χ0n) is 9.67. The number of carbonyl (C=O) groups excluding carboxylic acids is 1. The summed E-state index contributed by atoms with van der Waals surface area (Å²) in [6.07, 6.45) is 6.07. The van der Waals surface area contributed by atoms with Crippen molar-refractivity contribution in [3.63, 3.8) is 0 Å². The van der Waals surface area contributed by atoms with Crippen LogP contribution in [0.2, 0.25) is 0 Å². The number of amides is 1. The zero-order chi connectivity index (χ0) is 11.1. The van der Waals surface area contributed by atoms with E-state index < -0.39 is 0 Å². The number of nitrogens with zero attached hydrogens (tertiary/aromatic N) is 1. The zero-order valence-corrected chi connectivity index (χ0v) is 9.67. The maximum atomic E-state index is 12.0. The molecule has 0 aliphatic carbocycles. The minimum atomic E-state index is 0.201. The van der Waals surface area contributed by atoms with Crippen LogP contribution in [0, 0.1) is 5.92 Å². The first kappa shape index (κ1) is 12.2. The van der Waals surface area contributed by atoms with E-state index >= 15 is 0 Å². The number of carbonyl (C=O) groups is 1. The van der Waals surface area contributed by atoms with E-state index in [2.05, 4.69) is 11.9 Å². The summed E-state index contributed by atoms with van der Waals surface area (Å²) in [6, 6.07) is 0. The molecular weight excluding hydrogens is 188 g/mol. The smallest absolute Gasteiger partial charge is 0.226 e. The van der Waals surface area contributed by atoms with Crippen molar-refractivity contribution >= 4 is 5.91 Å². The molecule has 15 heavy (non-hydrogen) atoms. The second-order valence-electron chi connectivity index (χ2n) is 4.23. The van der Waals surface area contributed by atoms with Gasteiger partial charge in [-0.05, 0) is 32.2 Å². The maximum absolute atomic E-state index is 12.0. The highest BCUT2D eigenvalue weighted by Gasteiger charge is 2.23. The summed E-state index contributed by atoms with van der Waals surface area (Å²) in [4.78, 5) is 13.8. The highest BCUT2D eigenvalue weighted by Crippen LogP contribution is 2.12. The quantitative estimate of drug-likeness (QED) is 0.549. The van der Waals surface area contributed by atoms with Gasteiger partial charge in [0.25, 0.3) is 0 Å². The highest BCUT2D eigenvalue weighted by atomic mass is 16.2. The number of unbranched alkanes of at least 4 members (excludes halogenated alkanes) is 1. The lowest BCUT2D eigenvalue weighted by atomic mass is 9.98. The van der Waals surface area contributed by atoms with Crippen LogP contribution in [-0.2, 0) is 4.79 Å². The third-order valence-corrected chi connectivity index (χ3v) is 2.92. The molecule has 3 nitrogen and oxygen atoms in total. The first-order valence-corrected chi connectivity index (χ1v) is 5.82. The van der Waals surface area contributed by atoms with Crippen molar-refractivity contribution in [3.8, 4) is 0 Å². The second kappa shape index (κ2) is 6.62. The Morgan fingerprint density at radius 3 is 3.07 bits per heavy atom. The molecule has 0 aromatic rings. The predicted molar refractivity (Wildman–Crippen MR) is 62.7 cm³/mol. The van der Waals surface area contributed by atoms with Gasteiger partial charge in [0.05, 0.1) is 5.92 Å². The molecule has 1 N–H and O–H groups in total. The van der Waals surface area contributed by atoms with Crippen LogP contribution >= 0.6 is 0 Å². The van der Waals surface area contributed by atoms with Crippen molar-refractivity contribution in [1.82, 2.24) is 10.2 Å². The molecule has 0 unspecified atom stereocenters. The van der Waals surface area contributed by atoms with Gasteiger partial charge in [-0.3, -0.25) is 4.79 Å². The Morgan fingerprint density at radius 1 is 1.67 bits per heavy atom. The van der Waals surface area contributed by atoms with Crippen molar-refractivity contribution in [1.29, 1.82) is 0 Å². The minimum absolute atomic E-state index is 0.201. The van der Waals surface area contributed by atoms with E-state index in [0.717, 1.165) is 45.3 Å². The Kier molecular flexibility index (Phi) is 5.40. The van der Waals surface area contributed by atoms with E-state index in [4.69, 9.17) is 0 Å². The molecule has 86 valence electrons. The SMILES string of the molecule is C=CCCCN(C)C(=O)[C@@H]1CCCNC1. The van der Waals surface area contributed by atoms with Crippen molar-refractivity contribution in [2.24, 2.45) is 5.92 Å². The standard InChI is InChI=1S/C12H22N2O/c1-3-4-5-9-14(2)12(15)11-7-6-8-13-10-11/h3,11,13H,1,4-10H2,2H3/t11-/m1/s1. The Hall–Kier alpha value is -0.830. The summed E-state index contributed by atoms with van der Waals surface area (Å²) in [7, 11) is 1.90. The number of hydrogen-bond acceptors (Lipinski definition) is 2. The summed E-state index contributed by atoms with van der Waals surface area (Å²) in [6.45, 7) is 6.44. The average molecular weight is 210 g/mol. The Labute approximate surface area is 92.5 Å². The van der Waals surface area contributed by atoms with E-state index in [9.17, 15) is 4.79 Å².